The Hall–Kier alpha value is -0.0151. The lowest BCUT2D eigenvalue weighted by atomic mass is 9.69. The van der Waals surface area contributed by atoms with Crippen LogP contribution in [0.25, 0.3) is 0 Å². The van der Waals surface area contributed by atoms with Gasteiger partial charge in [0.25, 0.3) is 6.92 Å². The third-order valence-electron chi connectivity index (χ3n) is 0.547. The molecule has 0 radical (unpaired) electrons. The van der Waals surface area contributed by atoms with Crippen molar-refractivity contribution in [2.45, 2.75) is 13.1 Å². The number of hydrogen-bond acceptors (Lipinski definition) is 2. The molecule has 0 spiro atoms. The number of aliphatic hydroxyl groups excluding tert-OH is 1. The molecule has 0 unspecified atom stereocenters. The van der Waals surface area contributed by atoms with Crippen molar-refractivity contribution in [1.29, 1.82) is 0 Å². The molecule has 3 heteroatoms. The second-order valence-electron chi connectivity index (χ2n) is 1.36. The van der Waals surface area contributed by atoms with Gasteiger partial charge < -0.3 is 10.1 Å². The highest BCUT2D eigenvalue weighted by Gasteiger charge is 1.96. The molecular weight excluding hydrogens is 78.8 g/mol. The molecule has 0 aliphatic rings. The molecular formula is C3H9BO2. The van der Waals surface area contributed by atoms with Gasteiger partial charge in [0.05, 0.1) is 0 Å². The fraction of sp³-hybridized carbons (Fsp3) is 1.00. The van der Waals surface area contributed by atoms with Gasteiger partial charge in [0.2, 0.25) is 0 Å². The fourth-order valence-electron chi connectivity index (χ4n) is 0.187. The molecule has 0 atom stereocenters. The Morgan fingerprint density at radius 3 is 2.17 bits per heavy atom. The molecule has 0 amide bonds. The summed E-state index contributed by atoms with van der Waals surface area (Å²) in [7, 11) is 0. The summed E-state index contributed by atoms with van der Waals surface area (Å²) in [5.41, 5.74) is 0. The molecule has 0 heterocycles. The van der Waals surface area contributed by atoms with Crippen LogP contribution >= 0.6 is 0 Å². The molecule has 0 aromatic heterocycles. The maximum Gasteiger partial charge on any atom is 0.288 e. The van der Waals surface area contributed by atoms with Gasteiger partial charge in [-0.1, -0.05) is 6.82 Å². The van der Waals surface area contributed by atoms with Crippen LogP contribution in [0.4, 0.5) is 0 Å². The number of hydrogen-bond donors (Lipinski definition) is 2. The van der Waals surface area contributed by atoms with Crippen molar-refractivity contribution in [1.82, 2.24) is 0 Å². The van der Waals surface area contributed by atoms with Crippen LogP contribution in [0, 0.1) is 0 Å². The molecule has 0 fully saturated rings. The Kier molecular flexibility index (Phi) is 3.18. The minimum atomic E-state index is -0.352. The van der Waals surface area contributed by atoms with E-state index in [0.717, 1.165) is 0 Å². The van der Waals surface area contributed by atoms with Crippen molar-refractivity contribution in [3.8, 4) is 0 Å². The molecule has 0 aromatic carbocycles. The Morgan fingerprint density at radius 1 is 1.67 bits per heavy atom. The van der Waals surface area contributed by atoms with E-state index >= 15 is 0 Å². The van der Waals surface area contributed by atoms with Crippen LogP contribution in [0.1, 0.15) is 0 Å². The minimum absolute atomic E-state index is 0.0810. The van der Waals surface area contributed by atoms with Crippen molar-refractivity contribution in [2.75, 3.05) is 6.61 Å². The van der Waals surface area contributed by atoms with Gasteiger partial charge >= 0.3 is 0 Å². The zero-order chi connectivity index (χ0) is 4.99. The van der Waals surface area contributed by atoms with Gasteiger partial charge in [0.1, 0.15) is 0 Å². The smallest absolute Gasteiger partial charge is 0.288 e. The molecule has 0 aliphatic carbocycles. The highest BCUT2D eigenvalue weighted by atomic mass is 16.3. The summed E-state index contributed by atoms with van der Waals surface area (Å²) in [5.74, 6) is 0. The van der Waals surface area contributed by atoms with Crippen molar-refractivity contribution in [3.63, 3.8) is 0 Å². The molecule has 36 valence electrons. The monoisotopic (exact) mass is 88.1 g/mol. The van der Waals surface area contributed by atoms with E-state index in [9.17, 15) is 0 Å². The van der Waals surface area contributed by atoms with Gasteiger partial charge in [0.15, 0.2) is 0 Å². The first-order chi connectivity index (χ1) is 2.77. The van der Waals surface area contributed by atoms with Crippen molar-refractivity contribution < 1.29 is 10.1 Å². The number of aliphatic hydroxyl groups is 1. The first-order valence-electron chi connectivity index (χ1n) is 2.06. The van der Waals surface area contributed by atoms with E-state index < -0.39 is 0 Å². The highest BCUT2D eigenvalue weighted by Crippen LogP contribution is 1.80. The quantitative estimate of drug-likeness (QED) is 0.450. The van der Waals surface area contributed by atoms with Crippen molar-refractivity contribution in [3.05, 3.63) is 0 Å². The van der Waals surface area contributed by atoms with Crippen LogP contribution in [0.5, 0.6) is 0 Å². The lowest BCUT2D eigenvalue weighted by Crippen LogP contribution is -2.06. The van der Waals surface area contributed by atoms with E-state index in [1.54, 1.807) is 6.82 Å². The van der Waals surface area contributed by atoms with E-state index in [1.807, 2.05) is 0 Å². The molecule has 0 saturated carbocycles. The molecule has 2 N–H and O–H groups in total. The topological polar surface area (TPSA) is 40.5 Å². The molecule has 2 nitrogen and oxygen atoms in total. The third-order valence-corrected chi connectivity index (χ3v) is 0.547. The normalized spacial score (nSPS) is 8.50. The third kappa shape index (κ3) is 3.98. The summed E-state index contributed by atoms with van der Waals surface area (Å²) in [5, 5.41) is 16.5. The average Bonchev–Trinajstić information content (AvgIpc) is 1.35. The largest absolute Gasteiger partial charge is 0.451 e. The first-order valence-corrected chi connectivity index (χ1v) is 2.06. The number of rotatable bonds is 2. The summed E-state index contributed by atoms with van der Waals surface area (Å²) in [6.07, 6.45) is 0.486. The average molecular weight is 87.9 g/mol. The molecule has 0 bridgehead atoms. The maximum absolute atomic E-state index is 8.39. The Labute approximate surface area is 37.9 Å². The highest BCUT2D eigenvalue weighted by molar-refractivity contribution is 6.48. The zero-order valence-electron chi connectivity index (χ0n) is 3.89. The summed E-state index contributed by atoms with van der Waals surface area (Å²) >= 11 is 0. The van der Waals surface area contributed by atoms with Crippen LogP contribution < -0.4 is 0 Å². The Bertz CT molecular complexity index is 30.0. The van der Waals surface area contributed by atoms with E-state index in [4.69, 9.17) is 10.1 Å². The van der Waals surface area contributed by atoms with Crippen molar-refractivity contribution in [2.24, 2.45) is 0 Å². The fourth-order valence-corrected chi connectivity index (χ4v) is 0.187. The van der Waals surface area contributed by atoms with E-state index in [2.05, 4.69) is 0 Å². The molecule has 0 saturated heterocycles. The van der Waals surface area contributed by atoms with E-state index in [0.29, 0.717) is 6.32 Å². The van der Waals surface area contributed by atoms with Crippen LogP contribution in [-0.4, -0.2) is 23.7 Å². The van der Waals surface area contributed by atoms with Crippen LogP contribution in [0.15, 0.2) is 0 Å². The lowest BCUT2D eigenvalue weighted by Gasteiger charge is -1.89. The second kappa shape index (κ2) is 3.19. The van der Waals surface area contributed by atoms with Gasteiger partial charge in [-0.05, 0) is 6.32 Å². The van der Waals surface area contributed by atoms with E-state index in [-0.39, 0.29) is 13.5 Å². The van der Waals surface area contributed by atoms with E-state index in [1.165, 1.54) is 0 Å². The molecule has 6 heavy (non-hydrogen) atoms. The van der Waals surface area contributed by atoms with Crippen LogP contribution in [0.3, 0.4) is 0 Å². The SMILES string of the molecule is CB(O)CCO. The van der Waals surface area contributed by atoms with Gasteiger partial charge in [-0.25, -0.2) is 0 Å². The predicted octanol–water partition coefficient (Wildman–Crippen LogP) is -0.408. The summed E-state index contributed by atoms with van der Waals surface area (Å²) in [6.45, 7) is 1.38. The summed E-state index contributed by atoms with van der Waals surface area (Å²) in [6, 6.07) is 0. The van der Waals surface area contributed by atoms with Gasteiger partial charge in [-0.3, -0.25) is 0 Å². The summed E-state index contributed by atoms with van der Waals surface area (Å²) < 4.78 is 0. The maximum atomic E-state index is 8.39. The molecule has 0 rings (SSSR count). The molecule has 0 aromatic rings. The van der Waals surface area contributed by atoms with Crippen LogP contribution in [0.2, 0.25) is 13.1 Å². The lowest BCUT2D eigenvalue weighted by molar-refractivity contribution is 0.313. The minimum Gasteiger partial charge on any atom is -0.451 e. The van der Waals surface area contributed by atoms with Crippen LogP contribution in [-0.2, 0) is 0 Å². The first kappa shape index (κ1) is 5.98. The molecule has 0 aliphatic heterocycles. The van der Waals surface area contributed by atoms with Gasteiger partial charge in [-0.2, -0.15) is 0 Å². The van der Waals surface area contributed by atoms with Crippen molar-refractivity contribution >= 4 is 6.92 Å². The Morgan fingerprint density at radius 2 is 2.17 bits per heavy atom. The van der Waals surface area contributed by atoms with Gasteiger partial charge in [0, 0.05) is 6.61 Å². The van der Waals surface area contributed by atoms with Gasteiger partial charge in [-0.15, -0.1) is 0 Å². The predicted molar refractivity (Wildman–Crippen MR) is 25.7 cm³/mol. The Balaban J connectivity index is 2.63. The zero-order valence-corrected chi connectivity index (χ0v) is 3.89. The summed E-state index contributed by atoms with van der Waals surface area (Å²) in [4.78, 5) is 0. The standard InChI is InChI=1S/C3H9BO2/c1-4(6)2-3-5/h5-6H,2-3H2,1H3. The second-order valence-corrected chi connectivity index (χ2v) is 1.36.